The molecule has 1 aromatic carbocycles. The van der Waals surface area contributed by atoms with Crippen LogP contribution < -0.4 is 10.1 Å². The highest BCUT2D eigenvalue weighted by Gasteiger charge is 2.28. The molecule has 5 heteroatoms. The molecule has 0 bridgehead atoms. The van der Waals surface area contributed by atoms with Crippen LogP contribution in [0.5, 0.6) is 5.75 Å². The molecule has 1 amide bonds. The smallest absolute Gasteiger partial charge is 0.261 e. The molecule has 0 spiro atoms. The topological polar surface area (TPSA) is 82.3 Å². The summed E-state index contributed by atoms with van der Waals surface area (Å²) in [7, 11) is 0. The van der Waals surface area contributed by atoms with Gasteiger partial charge in [0.05, 0.1) is 5.56 Å². The van der Waals surface area contributed by atoms with Crippen LogP contribution in [0.3, 0.4) is 0 Å². The van der Waals surface area contributed by atoms with E-state index in [1.165, 1.54) is 0 Å². The first-order chi connectivity index (χ1) is 11.0. The largest absolute Gasteiger partial charge is 0.479 e. The molecule has 1 unspecified atom stereocenters. The number of nitrogens with zero attached hydrogens (tertiary/aromatic N) is 1. The number of aliphatic hydroxyl groups excluding tert-OH is 1. The molecule has 0 heterocycles. The maximum atomic E-state index is 12.5. The summed E-state index contributed by atoms with van der Waals surface area (Å²) in [6, 6.07) is 8.87. The van der Waals surface area contributed by atoms with Crippen LogP contribution >= 0.6 is 0 Å². The van der Waals surface area contributed by atoms with Crippen LogP contribution in [0, 0.1) is 23.2 Å². The Morgan fingerprint density at radius 1 is 1.43 bits per heavy atom. The molecule has 2 N–H and O–H groups in total. The van der Waals surface area contributed by atoms with Crippen LogP contribution in [0.25, 0.3) is 0 Å². The van der Waals surface area contributed by atoms with Crippen LogP contribution in [0.4, 0.5) is 0 Å². The number of carbonyl (C=O) groups excluding carboxylic acids is 1. The highest BCUT2D eigenvalue weighted by atomic mass is 16.5. The molecule has 2 rings (SSSR count). The maximum absolute atomic E-state index is 12.5. The number of aliphatic hydroxyl groups is 1. The van der Waals surface area contributed by atoms with Gasteiger partial charge in [0.15, 0.2) is 6.10 Å². The molecule has 0 saturated heterocycles. The van der Waals surface area contributed by atoms with Crippen molar-refractivity contribution in [3.63, 3.8) is 0 Å². The van der Waals surface area contributed by atoms with Crippen molar-refractivity contribution in [2.45, 2.75) is 32.4 Å². The lowest BCUT2D eigenvalue weighted by Gasteiger charge is -2.24. The van der Waals surface area contributed by atoms with Crippen molar-refractivity contribution in [3.05, 3.63) is 42.0 Å². The van der Waals surface area contributed by atoms with Gasteiger partial charge in [-0.15, -0.1) is 0 Å². The zero-order valence-corrected chi connectivity index (χ0v) is 13.4. The lowest BCUT2D eigenvalue weighted by molar-refractivity contribution is -0.130. The molecular weight excluding hydrogens is 292 g/mol. The Morgan fingerprint density at radius 3 is 2.78 bits per heavy atom. The molecule has 122 valence electrons. The Bertz CT molecular complexity index is 619. The fourth-order valence-electron chi connectivity index (χ4n) is 2.57. The predicted molar refractivity (Wildman–Crippen MR) is 86.7 cm³/mol. The third kappa shape index (κ3) is 4.33. The number of hydrogen-bond acceptors (Lipinski definition) is 4. The number of hydrogen-bond donors (Lipinski definition) is 2. The number of benzene rings is 1. The second-order valence-corrected chi connectivity index (χ2v) is 6.07. The van der Waals surface area contributed by atoms with E-state index in [2.05, 4.69) is 11.4 Å². The number of nitrogens with one attached hydrogen (secondary N) is 1. The molecule has 1 aliphatic rings. The van der Waals surface area contributed by atoms with Gasteiger partial charge in [0.2, 0.25) is 0 Å². The van der Waals surface area contributed by atoms with E-state index in [9.17, 15) is 4.79 Å². The van der Waals surface area contributed by atoms with Crippen molar-refractivity contribution in [1.29, 1.82) is 5.26 Å². The Kier molecular flexibility index (Phi) is 5.78. The standard InChI is InChI=1S/C18H22N2O3/c1-12(2)17(23-16-6-4-3-5-14(16)10-19)18(22)20-15-8-7-13(9-15)11-21/h3-8,12-13,15,17,21H,9,11H2,1-2H3,(H,20,22)/t13-,15+,17?/m0/s1. The SMILES string of the molecule is CC(C)C(Oc1ccccc1C#N)C(=O)N[C@@H]1C=C[C@H](CO)C1. The van der Waals surface area contributed by atoms with Gasteiger partial charge in [-0.25, -0.2) is 0 Å². The highest BCUT2D eigenvalue weighted by Crippen LogP contribution is 2.22. The van der Waals surface area contributed by atoms with E-state index in [0.29, 0.717) is 17.7 Å². The van der Waals surface area contributed by atoms with Gasteiger partial charge in [-0.3, -0.25) is 4.79 Å². The van der Waals surface area contributed by atoms with E-state index >= 15 is 0 Å². The average molecular weight is 314 g/mol. The zero-order chi connectivity index (χ0) is 16.8. The Balaban J connectivity index is 2.05. The summed E-state index contributed by atoms with van der Waals surface area (Å²) in [5.74, 6) is 0.263. The predicted octanol–water partition coefficient (Wildman–Crippen LogP) is 2.01. The number of rotatable bonds is 6. The van der Waals surface area contributed by atoms with Gasteiger partial charge in [0, 0.05) is 18.6 Å². The molecule has 3 atom stereocenters. The minimum absolute atomic E-state index is 0.0410. The number of ether oxygens (including phenoxy) is 1. The molecule has 0 aromatic heterocycles. The molecule has 0 aliphatic heterocycles. The van der Waals surface area contributed by atoms with Gasteiger partial charge in [-0.2, -0.15) is 5.26 Å². The molecule has 0 saturated carbocycles. The Labute approximate surface area is 136 Å². The zero-order valence-electron chi connectivity index (χ0n) is 13.4. The minimum atomic E-state index is -0.675. The third-order valence-electron chi connectivity index (χ3n) is 3.86. The van der Waals surface area contributed by atoms with Crippen molar-refractivity contribution in [1.82, 2.24) is 5.32 Å². The van der Waals surface area contributed by atoms with Crippen LogP contribution in [0.1, 0.15) is 25.8 Å². The maximum Gasteiger partial charge on any atom is 0.261 e. The number of para-hydroxylation sites is 1. The number of carbonyl (C=O) groups is 1. The van der Waals surface area contributed by atoms with E-state index in [4.69, 9.17) is 15.1 Å². The van der Waals surface area contributed by atoms with Crippen molar-refractivity contribution in [3.8, 4) is 11.8 Å². The van der Waals surface area contributed by atoms with Gasteiger partial charge in [0.25, 0.3) is 5.91 Å². The number of amides is 1. The molecule has 5 nitrogen and oxygen atoms in total. The van der Waals surface area contributed by atoms with E-state index in [1.807, 2.05) is 26.0 Å². The summed E-state index contributed by atoms with van der Waals surface area (Å²) in [4.78, 5) is 12.5. The number of nitriles is 1. The van der Waals surface area contributed by atoms with Crippen molar-refractivity contribution < 1.29 is 14.6 Å². The fraction of sp³-hybridized carbons (Fsp3) is 0.444. The summed E-state index contributed by atoms with van der Waals surface area (Å²) >= 11 is 0. The lowest BCUT2D eigenvalue weighted by atomic mass is 10.0. The van der Waals surface area contributed by atoms with Gasteiger partial charge < -0.3 is 15.2 Å². The van der Waals surface area contributed by atoms with Crippen LogP contribution in [-0.4, -0.2) is 29.8 Å². The average Bonchev–Trinajstić information content (AvgIpc) is 3.00. The molecule has 0 fully saturated rings. The third-order valence-corrected chi connectivity index (χ3v) is 3.86. The Hall–Kier alpha value is -2.32. The second-order valence-electron chi connectivity index (χ2n) is 6.07. The normalized spacial score (nSPS) is 21.0. The summed E-state index contributed by atoms with van der Waals surface area (Å²) in [5.41, 5.74) is 0.409. The molecular formula is C18H22N2O3. The van der Waals surface area contributed by atoms with E-state index in [0.717, 1.165) is 0 Å². The summed E-state index contributed by atoms with van der Waals surface area (Å²) in [6.45, 7) is 3.89. The van der Waals surface area contributed by atoms with E-state index < -0.39 is 6.10 Å². The highest BCUT2D eigenvalue weighted by molar-refractivity contribution is 5.82. The van der Waals surface area contributed by atoms with Crippen LogP contribution in [0.2, 0.25) is 0 Å². The summed E-state index contributed by atoms with van der Waals surface area (Å²) in [6.07, 6.45) is 3.84. The van der Waals surface area contributed by atoms with E-state index in [1.54, 1.807) is 24.3 Å². The first kappa shape index (κ1) is 17.0. The van der Waals surface area contributed by atoms with Gasteiger partial charge in [-0.05, 0) is 24.5 Å². The lowest BCUT2D eigenvalue weighted by Crippen LogP contribution is -2.45. The summed E-state index contributed by atoms with van der Waals surface area (Å²) < 4.78 is 5.82. The van der Waals surface area contributed by atoms with Gasteiger partial charge in [-0.1, -0.05) is 38.1 Å². The van der Waals surface area contributed by atoms with E-state index in [-0.39, 0.29) is 30.4 Å². The fourth-order valence-corrected chi connectivity index (χ4v) is 2.57. The van der Waals surface area contributed by atoms with Gasteiger partial charge >= 0.3 is 0 Å². The molecule has 1 aromatic rings. The minimum Gasteiger partial charge on any atom is -0.479 e. The summed E-state index contributed by atoms with van der Waals surface area (Å²) in [5, 5.41) is 21.2. The first-order valence-electron chi connectivity index (χ1n) is 7.80. The van der Waals surface area contributed by atoms with Gasteiger partial charge in [0.1, 0.15) is 11.8 Å². The quantitative estimate of drug-likeness (QED) is 0.787. The monoisotopic (exact) mass is 314 g/mol. The van der Waals surface area contributed by atoms with Crippen LogP contribution in [-0.2, 0) is 4.79 Å². The van der Waals surface area contributed by atoms with Crippen molar-refractivity contribution in [2.75, 3.05) is 6.61 Å². The van der Waals surface area contributed by atoms with Crippen molar-refractivity contribution in [2.24, 2.45) is 11.8 Å². The second kappa shape index (κ2) is 7.80. The Morgan fingerprint density at radius 2 is 2.17 bits per heavy atom. The van der Waals surface area contributed by atoms with Crippen molar-refractivity contribution >= 4 is 5.91 Å². The van der Waals surface area contributed by atoms with Crippen LogP contribution in [0.15, 0.2) is 36.4 Å². The molecule has 0 radical (unpaired) electrons. The molecule has 23 heavy (non-hydrogen) atoms. The molecule has 1 aliphatic carbocycles. The first-order valence-corrected chi connectivity index (χ1v) is 7.80.